The Labute approximate surface area is 220 Å². The first-order chi connectivity index (χ1) is 16.6. The average molecular weight is 557 g/mol. The predicted octanol–water partition coefficient (Wildman–Crippen LogP) is 5.94. The van der Waals surface area contributed by atoms with Crippen molar-refractivity contribution in [2.24, 2.45) is 0 Å². The smallest absolute Gasteiger partial charge is 0.209 e. The Morgan fingerprint density at radius 3 is 2.26 bits per heavy atom. The van der Waals surface area contributed by atoms with Gasteiger partial charge in [-0.1, -0.05) is 59.1 Å². The molecule has 0 amide bonds. The first-order valence-corrected chi connectivity index (χ1v) is 14.0. The zero-order chi connectivity index (χ0) is 25.2. The molecule has 1 saturated heterocycles. The summed E-state index contributed by atoms with van der Waals surface area (Å²) in [5.41, 5.74) is 2.63. The molecule has 1 N–H and O–H groups in total. The van der Waals surface area contributed by atoms with Crippen LogP contribution in [-0.4, -0.2) is 45.8 Å². The number of hydrogen-bond acceptors (Lipinski definition) is 4. The maximum Gasteiger partial charge on any atom is 0.209 e. The Bertz CT molecular complexity index is 1270. The molecule has 2 atom stereocenters. The number of benzene rings is 3. The summed E-state index contributed by atoms with van der Waals surface area (Å²) in [7, 11) is -3.49. The second kappa shape index (κ2) is 11.0. The number of sulfonamides is 1. The van der Waals surface area contributed by atoms with Crippen molar-refractivity contribution in [2.75, 3.05) is 37.3 Å². The molecule has 0 aromatic heterocycles. The van der Waals surface area contributed by atoms with E-state index in [1.807, 2.05) is 36.4 Å². The normalized spacial score (nSPS) is 18.0. The van der Waals surface area contributed by atoms with Crippen LogP contribution in [-0.2, 0) is 10.0 Å². The van der Waals surface area contributed by atoms with Crippen molar-refractivity contribution >= 4 is 50.5 Å². The van der Waals surface area contributed by atoms with Crippen LogP contribution in [0.15, 0.2) is 66.7 Å². The number of nitrogens with one attached hydrogen (secondary N) is 1. The van der Waals surface area contributed by atoms with E-state index >= 15 is 0 Å². The minimum Gasteiger partial charge on any atom is -0.361 e. The Balaban J connectivity index is 1.63. The Morgan fingerprint density at radius 1 is 0.971 bits per heavy atom. The van der Waals surface area contributed by atoms with Gasteiger partial charge in [-0.05, 0) is 53.6 Å². The van der Waals surface area contributed by atoms with Crippen molar-refractivity contribution in [1.29, 1.82) is 0 Å². The molecule has 186 valence electrons. The van der Waals surface area contributed by atoms with Crippen molar-refractivity contribution in [3.8, 4) is 0 Å². The van der Waals surface area contributed by atoms with Gasteiger partial charge in [-0.15, -0.1) is 0 Å². The lowest BCUT2D eigenvalue weighted by Crippen LogP contribution is -2.51. The molecule has 3 aromatic carbocycles. The van der Waals surface area contributed by atoms with Crippen LogP contribution >= 0.6 is 34.8 Å². The van der Waals surface area contributed by atoms with Gasteiger partial charge in [-0.3, -0.25) is 4.90 Å². The summed E-state index contributed by atoms with van der Waals surface area (Å²) >= 11 is 18.8. The van der Waals surface area contributed by atoms with Crippen molar-refractivity contribution in [3.05, 3.63) is 98.7 Å². The van der Waals surface area contributed by atoms with E-state index in [4.69, 9.17) is 34.8 Å². The molecule has 1 aliphatic heterocycles. The summed E-state index contributed by atoms with van der Waals surface area (Å²) in [5, 5.41) is 1.77. The van der Waals surface area contributed by atoms with Crippen LogP contribution in [0.4, 0.5) is 10.1 Å². The lowest BCUT2D eigenvalue weighted by Gasteiger charge is -2.44. The number of halogens is 4. The summed E-state index contributed by atoms with van der Waals surface area (Å²) in [4.78, 5) is 4.43. The lowest BCUT2D eigenvalue weighted by molar-refractivity contribution is 0.207. The Hall–Kier alpha value is -1.87. The first kappa shape index (κ1) is 26.2. The molecule has 4 rings (SSSR count). The van der Waals surface area contributed by atoms with Gasteiger partial charge < -0.3 is 4.90 Å². The topological polar surface area (TPSA) is 52.7 Å². The highest BCUT2D eigenvalue weighted by Crippen LogP contribution is 2.37. The molecule has 35 heavy (non-hydrogen) atoms. The van der Waals surface area contributed by atoms with E-state index in [9.17, 15) is 12.8 Å². The third-order valence-electron chi connectivity index (χ3n) is 6.01. The molecule has 1 fully saturated rings. The van der Waals surface area contributed by atoms with Gasteiger partial charge in [-0.25, -0.2) is 17.5 Å². The van der Waals surface area contributed by atoms with Gasteiger partial charge in [-0.2, -0.15) is 0 Å². The zero-order valence-corrected chi connectivity index (χ0v) is 22.0. The highest BCUT2D eigenvalue weighted by molar-refractivity contribution is 7.88. The summed E-state index contributed by atoms with van der Waals surface area (Å²) < 4.78 is 40.4. The van der Waals surface area contributed by atoms with Gasteiger partial charge in [0.05, 0.1) is 29.0 Å². The van der Waals surface area contributed by atoms with Crippen LogP contribution in [0.3, 0.4) is 0 Å². The van der Waals surface area contributed by atoms with E-state index in [0.717, 1.165) is 17.5 Å². The van der Waals surface area contributed by atoms with Crippen molar-refractivity contribution in [3.63, 3.8) is 0 Å². The van der Waals surface area contributed by atoms with Crippen LogP contribution in [0.5, 0.6) is 0 Å². The maximum absolute atomic E-state index is 13.5. The molecular formula is C25H25Cl3FN3O2S. The molecule has 0 unspecified atom stereocenters. The minimum atomic E-state index is -3.49. The van der Waals surface area contributed by atoms with Crippen LogP contribution in [0, 0.1) is 5.82 Å². The van der Waals surface area contributed by atoms with Crippen molar-refractivity contribution in [1.82, 2.24) is 9.62 Å². The predicted molar refractivity (Wildman–Crippen MR) is 142 cm³/mol. The molecule has 1 heterocycles. The third-order valence-corrected chi connectivity index (χ3v) is 7.51. The second-order valence-electron chi connectivity index (χ2n) is 8.61. The van der Waals surface area contributed by atoms with Crippen LogP contribution in [0.2, 0.25) is 15.1 Å². The molecule has 1 aliphatic rings. The average Bonchev–Trinajstić information content (AvgIpc) is 2.79. The Morgan fingerprint density at radius 2 is 1.63 bits per heavy atom. The molecule has 5 nitrogen and oxygen atoms in total. The zero-order valence-electron chi connectivity index (χ0n) is 19.0. The van der Waals surface area contributed by atoms with E-state index in [1.165, 1.54) is 12.1 Å². The van der Waals surface area contributed by atoms with Crippen LogP contribution in [0.25, 0.3) is 0 Å². The van der Waals surface area contributed by atoms with Gasteiger partial charge in [0.1, 0.15) is 5.82 Å². The summed E-state index contributed by atoms with van der Waals surface area (Å²) in [6.45, 7) is 2.37. The van der Waals surface area contributed by atoms with Crippen LogP contribution < -0.4 is 9.62 Å². The second-order valence-corrected chi connectivity index (χ2v) is 11.7. The Kier molecular flexibility index (Phi) is 8.26. The fraction of sp³-hybridized carbons (Fsp3) is 0.280. The van der Waals surface area contributed by atoms with Gasteiger partial charge >= 0.3 is 0 Å². The van der Waals surface area contributed by atoms with Gasteiger partial charge in [0.15, 0.2) is 0 Å². The minimum absolute atomic E-state index is 0.0632. The number of rotatable bonds is 7. The van der Waals surface area contributed by atoms with Crippen molar-refractivity contribution in [2.45, 2.75) is 12.1 Å². The third kappa shape index (κ3) is 6.88. The van der Waals surface area contributed by atoms with E-state index < -0.39 is 16.1 Å². The van der Waals surface area contributed by atoms with E-state index in [-0.39, 0.29) is 11.9 Å². The van der Waals surface area contributed by atoms with Crippen LogP contribution in [0.1, 0.15) is 23.2 Å². The molecular weight excluding hydrogens is 532 g/mol. The fourth-order valence-corrected chi connectivity index (χ4v) is 5.77. The molecule has 10 heteroatoms. The standard InChI is InChI=1S/C25H25Cl3FN3O2S/c1-35(33,34)30-23(17-4-9-21(29)10-5-17)15-31-12-13-32(24-11-8-20(27)14-22(24)28)25(16-31)18-2-6-19(26)7-3-18/h2-11,14,23,25,30H,12-13,15-16H2,1H3/t23-,25-/m0/s1. The fourth-order valence-electron chi connectivity index (χ4n) is 4.40. The van der Waals surface area contributed by atoms with E-state index in [1.54, 1.807) is 18.2 Å². The molecule has 0 aliphatic carbocycles. The summed E-state index contributed by atoms with van der Waals surface area (Å²) in [6, 6.07) is 18.4. The quantitative estimate of drug-likeness (QED) is 0.391. The largest absolute Gasteiger partial charge is 0.361 e. The van der Waals surface area contributed by atoms with E-state index in [0.29, 0.717) is 46.8 Å². The summed E-state index contributed by atoms with van der Waals surface area (Å²) in [5.74, 6) is -0.372. The highest BCUT2D eigenvalue weighted by Gasteiger charge is 2.31. The molecule has 0 saturated carbocycles. The lowest BCUT2D eigenvalue weighted by atomic mass is 10.00. The van der Waals surface area contributed by atoms with Gasteiger partial charge in [0, 0.05) is 36.2 Å². The molecule has 3 aromatic rings. The van der Waals surface area contributed by atoms with Crippen molar-refractivity contribution < 1.29 is 12.8 Å². The highest BCUT2D eigenvalue weighted by atomic mass is 35.5. The number of piperazine rings is 1. The molecule has 0 spiro atoms. The number of hydrogen-bond donors (Lipinski definition) is 1. The van der Waals surface area contributed by atoms with Gasteiger partial charge in [0.2, 0.25) is 10.0 Å². The maximum atomic E-state index is 13.5. The molecule has 0 bridgehead atoms. The monoisotopic (exact) mass is 555 g/mol. The first-order valence-electron chi connectivity index (χ1n) is 11.0. The molecule has 0 radical (unpaired) electrons. The number of anilines is 1. The van der Waals surface area contributed by atoms with Gasteiger partial charge in [0.25, 0.3) is 0 Å². The SMILES string of the molecule is CS(=O)(=O)N[C@@H](CN1CCN(c2ccc(Cl)cc2Cl)[C@H](c2ccc(Cl)cc2)C1)c1ccc(F)cc1. The van der Waals surface area contributed by atoms with E-state index in [2.05, 4.69) is 14.5 Å². The summed E-state index contributed by atoms with van der Waals surface area (Å²) in [6.07, 6.45) is 1.13. The number of nitrogens with zero attached hydrogens (tertiary/aromatic N) is 2.